The van der Waals surface area contributed by atoms with E-state index in [1.807, 2.05) is 39.0 Å². The Balaban J connectivity index is 1.74. The van der Waals surface area contributed by atoms with Crippen LogP contribution in [0.4, 0.5) is 17.2 Å². The quantitative estimate of drug-likeness (QED) is 0.678. The van der Waals surface area contributed by atoms with Crippen LogP contribution in [0.5, 0.6) is 0 Å². The van der Waals surface area contributed by atoms with E-state index in [0.717, 1.165) is 22.4 Å². The number of rotatable bonds is 4. The maximum absolute atomic E-state index is 12.4. The maximum atomic E-state index is 12.4. The first-order valence-corrected chi connectivity index (χ1v) is 8.54. The van der Waals surface area contributed by atoms with Gasteiger partial charge in [0.05, 0.1) is 12.4 Å². The highest BCUT2D eigenvalue weighted by atomic mass is 35.5. The number of hydrogen-bond acceptors (Lipinski definition) is 4. The second-order valence-corrected chi connectivity index (χ2v) is 6.53. The molecule has 1 aromatic heterocycles. The third-order valence-corrected chi connectivity index (χ3v) is 4.29. The Hall–Kier alpha value is -2.92. The average molecular weight is 367 g/mol. The van der Waals surface area contributed by atoms with E-state index < -0.39 is 0 Å². The number of nitrogens with one attached hydrogen (secondary N) is 2. The lowest BCUT2D eigenvalue weighted by Crippen LogP contribution is -2.15. The highest BCUT2D eigenvalue weighted by Crippen LogP contribution is 2.23. The van der Waals surface area contributed by atoms with Crippen LogP contribution in [0.25, 0.3) is 0 Å². The van der Waals surface area contributed by atoms with Gasteiger partial charge in [0.1, 0.15) is 11.5 Å². The van der Waals surface area contributed by atoms with E-state index >= 15 is 0 Å². The minimum absolute atomic E-state index is 0.242. The van der Waals surface area contributed by atoms with Crippen LogP contribution in [0.3, 0.4) is 0 Å². The normalized spacial score (nSPS) is 10.5. The molecule has 1 amide bonds. The van der Waals surface area contributed by atoms with Crippen LogP contribution in [0.2, 0.25) is 5.02 Å². The summed E-state index contributed by atoms with van der Waals surface area (Å²) in [5.74, 6) is 0.267. The molecule has 0 saturated carbocycles. The number of anilines is 3. The van der Waals surface area contributed by atoms with Crippen molar-refractivity contribution in [2.24, 2.45) is 0 Å². The summed E-state index contributed by atoms with van der Waals surface area (Å²) in [6.45, 7) is 5.93. The highest BCUT2D eigenvalue weighted by molar-refractivity contribution is 6.30. The smallest absolute Gasteiger partial charge is 0.275 e. The van der Waals surface area contributed by atoms with Gasteiger partial charge in [-0.3, -0.25) is 4.79 Å². The molecule has 0 atom stereocenters. The number of carbonyl (C=O) groups is 1. The molecule has 132 valence electrons. The van der Waals surface area contributed by atoms with E-state index in [0.29, 0.717) is 16.5 Å². The van der Waals surface area contributed by atoms with Gasteiger partial charge in [0.25, 0.3) is 5.91 Å². The molecule has 0 fully saturated rings. The van der Waals surface area contributed by atoms with Crippen LogP contribution in [-0.2, 0) is 0 Å². The summed E-state index contributed by atoms with van der Waals surface area (Å²) in [4.78, 5) is 20.9. The van der Waals surface area contributed by atoms with E-state index in [-0.39, 0.29) is 11.6 Å². The van der Waals surface area contributed by atoms with Crippen LogP contribution >= 0.6 is 11.6 Å². The monoisotopic (exact) mass is 366 g/mol. The largest absolute Gasteiger partial charge is 0.339 e. The fraction of sp³-hybridized carbons (Fsp3) is 0.150. The predicted octanol–water partition coefficient (Wildman–Crippen LogP) is 5.05. The van der Waals surface area contributed by atoms with E-state index in [4.69, 9.17) is 11.6 Å². The van der Waals surface area contributed by atoms with Crippen molar-refractivity contribution < 1.29 is 4.79 Å². The lowest BCUT2D eigenvalue weighted by atomic mass is 10.1. The van der Waals surface area contributed by atoms with Gasteiger partial charge in [-0.05, 0) is 55.7 Å². The number of hydrogen-bond donors (Lipinski definition) is 2. The van der Waals surface area contributed by atoms with Crippen molar-refractivity contribution in [3.63, 3.8) is 0 Å². The van der Waals surface area contributed by atoms with Gasteiger partial charge in [-0.25, -0.2) is 9.97 Å². The summed E-state index contributed by atoms with van der Waals surface area (Å²) in [6, 6.07) is 11.3. The van der Waals surface area contributed by atoms with Gasteiger partial charge in [-0.2, -0.15) is 0 Å². The molecule has 0 spiro atoms. The number of aryl methyl sites for hydroxylation is 3. The van der Waals surface area contributed by atoms with Gasteiger partial charge in [0.2, 0.25) is 0 Å². The van der Waals surface area contributed by atoms with Crippen molar-refractivity contribution in [2.45, 2.75) is 20.8 Å². The first-order chi connectivity index (χ1) is 12.4. The minimum Gasteiger partial charge on any atom is -0.339 e. The van der Waals surface area contributed by atoms with Crippen molar-refractivity contribution in [3.05, 3.63) is 76.2 Å². The second kappa shape index (κ2) is 7.54. The number of benzene rings is 2. The molecule has 5 nitrogen and oxygen atoms in total. The third-order valence-electron chi connectivity index (χ3n) is 4.06. The Labute approximate surface area is 157 Å². The van der Waals surface area contributed by atoms with Gasteiger partial charge in [0.15, 0.2) is 0 Å². The Kier molecular flexibility index (Phi) is 5.19. The highest BCUT2D eigenvalue weighted by Gasteiger charge is 2.11. The van der Waals surface area contributed by atoms with Crippen LogP contribution in [-0.4, -0.2) is 15.9 Å². The number of nitrogens with zero attached hydrogens (tertiary/aromatic N) is 2. The molecule has 0 saturated heterocycles. The van der Waals surface area contributed by atoms with Crippen molar-refractivity contribution in [1.29, 1.82) is 0 Å². The topological polar surface area (TPSA) is 66.9 Å². The van der Waals surface area contributed by atoms with Gasteiger partial charge < -0.3 is 10.6 Å². The Bertz CT molecular complexity index is 934. The maximum Gasteiger partial charge on any atom is 0.275 e. The zero-order chi connectivity index (χ0) is 18.7. The predicted molar refractivity (Wildman–Crippen MR) is 105 cm³/mol. The van der Waals surface area contributed by atoms with Crippen molar-refractivity contribution >= 4 is 34.7 Å². The fourth-order valence-electron chi connectivity index (χ4n) is 2.60. The Morgan fingerprint density at radius 3 is 2.31 bits per heavy atom. The molecule has 0 bridgehead atoms. The zero-order valence-electron chi connectivity index (χ0n) is 14.8. The summed E-state index contributed by atoms with van der Waals surface area (Å²) in [5.41, 5.74) is 5.05. The Morgan fingerprint density at radius 1 is 0.962 bits per heavy atom. The second-order valence-electron chi connectivity index (χ2n) is 6.09. The molecule has 3 rings (SSSR count). The summed E-state index contributed by atoms with van der Waals surface area (Å²) >= 11 is 5.93. The van der Waals surface area contributed by atoms with Gasteiger partial charge in [-0.15, -0.1) is 0 Å². The van der Waals surface area contributed by atoms with Crippen molar-refractivity contribution in [3.8, 4) is 0 Å². The summed E-state index contributed by atoms with van der Waals surface area (Å²) in [6.07, 6.45) is 3.01. The molecule has 2 N–H and O–H groups in total. The fourth-order valence-corrected chi connectivity index (χ4v) is 2.83. The lowest BCUT2D eigenvalue weighted by molar-refractivity contribution is 0.102. The number of amides is 1. The summed E-state index contributed by atoms with van der Waals surface area (Å²) < 4.78 is 0. The van der Waals surface area contributed by atoms with Crippen molar-refractivity contribution in [2.75, 3.05) is 10.6 Å². The van der Waals surface area contributed by atoms with Gasteiger partial charge >= 0.3 is 0 Å². The molecular weight excluding hydrogens is 348 g/mol. The standard InChI is InChI=1S/C20H19ClN4O/c1-12-5-4-6-13(2)19(12)25-18-11-22-17(10-23-18)20(26)24-16-8-7-15(21)9-14(16)3/h4-11H,1-3H3,(H,23,25)(H,24,26). The van der Waals surface area contributed by atoms with Crippen LogP contribution in [0.15, 0.2) is 48.8 Å². The number of para-hydroxylation sites is 1. The number of aromatic nitrogens is 2. The molecule has 2 aromatic carbocycles. The molecule has 0 aliphatic carbocycles. The third kappa shape index (κ3) is 4.00. The SMILES string of the molecule is Cc1cc(Cl)ccc1NC(=O)c1cnc(Nc2c(C)cccc2C)cn1. The number of carbonyl (C=O) groups excluding carboxylic acids is 1. The molecule has 6 heteroatoms. The first kappa shape index (κ1) is 17.9. The first-order valence-electron chi connectivity index (χ1n) is 8.17. The van der Waals surface area contributed by atoms with E-state index in [9.17, 15) is 4.79 Å². The molecule has 0 aliphatic rings. The van der Waals surface area contributed by atoms with Gasteiger partial charge in [0, 0.05) is 16.4 Å². The van der Waals surface area contributed by atoms with Crippen LogP contribution in [0.1, 0.15) is 27.2 Å². The molecule has 0 unspecified atom stereocenters. The minimum atomic E-state index is -0.318. The molecular formula is C20H19ClN4O. The van der Waals surface area contributed by atoms with E-state index in [1.165, 1.54) is 6.20 Å². The van der Waals surface area contributed by atoms with Gasteiger partial charge in [-0.1, -0.05) is 29.8 Å². The molecule has 3 aromatic rings. The lowest BCUT2D eigenvalue weighted by Gasteiger charge is -2.12. The summed E-state index contributed by atoms with van der Waals surface area (Å²) in [5, 5.41) is 6.70. The molecule has 0 radical (unpaired) electrons. The van der Waals surface area contributed by atoms with E-state index in [2.05, 4.69) is 20.6 Å². The van der Waals surface area contributed by atoms with Crippen LogP contribution in [0, 0.1) is 20.8 Å². The average Bonchev–Trinajstić information content (AvgIpc) is 2.61. The zero-order valence-corrected chi connectivity index (χ0v) is 15.6. The Morgan fingerprint density at radius 2 is 1.69 bits per heavy atom. The molecule has 1 heterocycles. The van der Waals surface area contributed by atoms with E-state index in [1.54, 1.807) is 24.4 Å². The van der Waals surface area contributed by atoms with Crippen LogP contribution < -0.4 is 10.6 Å². The summed E-state index contributed by atoms with van der Waals surface area (Å²) in [7, 11) is 0. The molecule has 0 aliphatic heterocycles. The number of halogens is 1. The van der Waals surface area contributed by atoms with Crippen molar-refractivity contribution in [1.82, 2.24) is 9.97 Å². The molecule has 26 heavy (non-hydrogen) atoms.